The molecule has 0 aromatic heterocycles. The molecule has 0 aliphatic carbocycles. The van der Waals surface area contributed by atoms with Gasteiger partial charge in [0.1, 0.15) is 0 Å². The van der Waals surface area contributed by atoms with Crippen molar-refractivity contribution >= 4 is 0 Å². The van der Waals surface area contributed by atoms with Crippen LogP contribution in [0, 0.1) is 6.42 Å². The van der Waals surface area contributed by atoms with E-state index < -0.39 is 0 Å². The van der Waals surface area contributed by atoms with Gasteiger partial charge in [-0.3, -0.25) is 0 Å². The van der Waals surface area contributed by atoms with Crippen molar-refractivity contribution < 1.29 is 0 Å². The normalized spacial score (nSPS) is 9.91. The third-order valence-corrected chi connectivity index (χ3v) is 1.57. The Labute approximate surface area is 68.4 Å². The van der Waals surface area contributed by atoms with Gasteiger partial charge in [0, 0.05) is 0 Å². The van der Waals surface area contributed by atoms with Gasteiger partial charge in [-0.05, 0) is 32.0 Å². The molecular formula is C10H14N. The van der Waals surface area contributed by atoms with E-state index in [4.69, 9.17) is 0 Å². The van der Waals surface area contributed by atoms with Gasteiger partial charge in [0.2, 0.25) is 0 Å². The van der Waals surface area contributed by atoms with Crippen molar-refractivity contribution in [2.24, 2.45) is 0 Å². The van der Waals surface area contributed by atoms with Crippen LogP contribution < -0.4 is 5.32 Å². The van der Waals surface area contributed by atoms with Gasteiger partial charge in [0.25, 0.3) is 0 Å². The van der Waals surface area contributed by atoms with Crippen LogP contribution in [-0.4, -0.2) is 13.6 Å². The highest BCUT2D eigenvalue weighted by Gasteiger charge is 1.89. The van der Waals surface area contributed by atoms with E-state index >= 15 is 0 Å². The van der Waals surface area contributed by atoms with Gasteiger partial charge in [-0.25, -0.2) is 0 Å². The Hall–Kier alpha value is -0.820. The summed E-state index contributed by atoms with van der Waals surface area (Å²) in [7, 11) is 1.96. The number of benzene rings is 1. The summed E-state index contributed by atoms with van der Waals surface area (Å²) in [6.07, 6.45) is 3.29. The first-order valence-electron chi connectivity index (χ1n) is 3.93. The van der Waals surface area contributed by atoms with Gasteiger partial charge in [-0.1, -0.05) is 30.3 Å². The van der Waals surface area contributed by atoms with Gasteiger partial charge < -0.3 is 5.32 Å². The molecule has 0 bridgehead atoms. The Morgan fingerprint density at radius 2 is 2.00 bits per heavy atom. The van der Waals surface area contributed by atoms with Gasteiger partial charge >= 0.3 is 0 Å². The lowest BCUT2D eigenvalue weighted by Gasteiger charge is -1.98. The van der Waals surface area contributed by atoms with Crippen molar-refractivity contribution in [2.75, 3.05) is 13.6 Å². The van der Waals surface area contributed by atoms with E-state index in [0.717, 1.165) is 13.0 Å². The lowest BCUT2D eigenvalue weighted by atomic mass is 10.1. The molecule has 1 N–H and O–H groups in total. The summed E-state index contributed by atoms with van der Waals surface area (Å²) in [5.74, 6) is 0. The maximum atomic E-state index is 3.08. The smallest absolute Gasteiger partial charge is 0.00171 e. The Balaban J connectivity index is 2.28. The molecule has 1 rings (SSSR count). The molecule has 1 nitrogen and oxygen atoms in total. The molecular weight excluding hydrogens is 134 g/mol. The van der Waals surface area contributed by atoms with Crippen LogP contribution in [0.1, 0.15) is 5.56 Å². The van der Waals surface area contributed by atoms with Crippen LogP contribution >= 0.6 is 0 Å². The highest BCUT2D eigenvalue weighted by Crippen LogP contribution is 2.00. The summed E-state index contributed by atoms with van der Waals surface area (Å²) in [5, 5.41) is 3.08. The molecule has 1 heteroatoms. The maximum absolute atomic E-state index is 3.08. The minimum atomic E-state index is 0.981. The SMILES string of the molecule is CNC[CH]Cc1ccccc1. The molecule has 0 saturated carbocycles. The lowest BCUT2D eigenvalue weighted by Crippen LogP contribution is -2.08. The Morgan fingerprint density at radius 3 is 2.64 bits per heavy atom. The van der Waals surface area contributed by atoms with Gasteiger partial charge in [0.05, 0.1) is 0 Å². The minimum absolute atomic E-state index is 0.981. The predicted octanol–water partition coefficient (Wildman–Crippen LogP) is 1.65. The van der Waals surface area contributed by atoms with Gasteiger partial charge in [-0.2, -0.15) is 0 Å². The molecule has 0 heterocycles. The first-order chi connectivity index (χ1) is 5.43. The number of hydrogen-bond donors (Lipinski definition) is 1. The zero-order valence-corrected chi connectivity index (χ0v) is 6.88. The topological polar surface area (TPSA) is 12.0 Å². The van der Waals surface area contributed by atoms with Crippen LogP contribution in [0.25, 0.3) is 0 Å². The molecule has 11 heavy (non-hydrogen) atoms. The summed E-state index contributed by atoms with van der Waals surface area (Å²) in [4.78, 5) is 0. The lowest BCUT2D eigenvalue weighted by molar-refractivity contribution is 0.849. The Morgan fingerprint density at radius 1 is 1.27 bits per heavy atom. The van der Waals surface area contributed by atoms with Crippen molar-refractivity contribution in [1.29, 1.82) is 0 Å². The van der Waals surface area contributed by atoms with E-state index in [1.54, 1.807) is 0 Å². The zero-order chi connectivity index (χ0) is 7.94. The average Bonchev–Trinajstić information content (AvgIpc) is 2.07. The fourth-order valence-electron chi connectivity index (χ4n) is 0.997. The number of nitrogens with one attached hydrogen (secondary N) is 1. The number of rotatable bonds is 4. The maximum Gasteiger partial charge on any atom is -0.00171 e. The summed E-state index contributed by atoms with van der Waals surface area (Å²) >= 11 is 0. The predicted molar refractivity (Wildman–Crippen MR) is 48.4 cm³/mol. The average molecular weight is 148 g/mol. The van der Waals surface area contributed by atoms with Crippen molar-refractivity contribution in [3.05, 3.63) is 42.3 Å². The van der Waals surface area contributed by atoms with Crippen LogP contribution in [-0.2, 0) is 6.42 Å². The third-order valence-electron chi connectivity index (χ3n) is 1.57. The standard InChI is InChI=1S/C10H14N/c1-11-9-5-8-10-6-3-2-4-7-10/h2-7,11H,8-9H2,1H3. The molecule has 0 unspecified atom stereocenters. The Kier molecular flexibility index (Phi) is 3.70. The quantitative estimate of drug-likeness (QED) is 0.640. The van der Waals surface area contributed by atoms with E-state index in [2.05, 4.69) is 36.0 Å². The molecule has 0 aliphatic heterocycles. The Bertz CT molecular complexity index is 181. The van der Waals surface area contributed by atoms with E-state index in [-0.39, 0.29) is 0 Å². The van der Waals surface area contributed by atoms with Crippen molar-refractivity contribution in [3.63, 3.8) is 0 Å². The van der Waals surface area contributed by atoms with Crippen molar-refractivity contribution in [3.8, 4) is 0 Å². The summed E-state index contributed by atoms with van der Waals surface area (Å²) in [6.45, 7) is 0.981. The zero-order valence-electron chi connectivity index (χ0n) is 6.88. The van der Waals surface area contributed by atoms with Crippen LogP contribution in [0.5, 0.6) is 0 Å². The molecule has 1 radical (unpaired) electrons. The highest BCUT2D eigenvalue weighted by atomic mass is 14.8. The summed E-state index contributed by atoms with van der Waals surface area (Å²) in [6, 6.07) is 10.5. The second kappa shape index (κ2) is 4.91. The second-order valence-corrected chi connectivity index (χ2v) is 2.54. The third kappa shape index (κ3) is 3.19. The first-order valence-corrected chi connectivity index (χ1v) is 3.93. The molecule has 0 aliphatic rings. The fourth-order valence-corrected chi connectivity index (χ4v) is 0.997. The van der Waals surface area contributed by atoms with Crippen LogP contribution in [0.3, 0.4) is 0 Å². The van der Waals surface area contributed by atoms with Crippen LogP contribution in [0.15, 0.2) is 30.3 Å². The molecule has 0 amide bonds. The van der Waals surface area contributed by atoms with Crippen molar-refractivity contribution in [1.82, 2.24) is 5.32 Å². The van der Waals surface area contributed by atoms with Gasteiger partial charge in [-0.15, -0.1) is 0 Å². The van der Waals surface area contributed by atoms with E-state index in [1.807, 2.05) is 13.1 Å². The van der Waals surface area contributed by atoms with Crippen LogP contribution in [0.2, 0.25) is 0 Å². The van der Waals surface area contributed by atoms with E-state index in [9.17, 15) is 0 Å². The first kappa shape index (κ1) is 8.28. The van der Waals surface area contributed by atoms with E-state index in [1.165, 1.54) is 5.56 Å². The molecule has 1 aromatic rings. The summed E-state index contributed by atoms with van der Waals surface area (Å²) in [5.41, 5.74) is 1.38. The molecule has 0 saturated heterocycles. The van der Waals surface area contributed by atoms with Gasteiger partial charge in [0.15, 0.2) is 0 Å². The largest absolute Gasteiger partial charge is 0.319 e. The molecule has 59 valence electrons. The molecule has 0 spiro atoms. The highest BCUT2D eigenvalue weighted by molar-refractivity contribution is 5.16. The van der Waals surface area contributed by atoms with Crippen LogP contribution in [0.4, 0.5) is 0 Å². The molecule has 0 fully saturated rings. The number of hydrogen-bond acceptors (Lipinski definition) is 1. The molecule has 1 aromatic carbocycles. The molecule has 0 atom stereocenters. The van der Waals surface area contributed by atoms with Crippen molar-refractivity contribution in [2.45, 2.75) is 6.42 Å². The second-order valence-electron chi connectivity index (χ2n) is 2.54. The monoisotopic (exact) mass is 148 g/mol. The van der Waals surface area contributed by atoms with E-state index in [0.29, 0.717) is 0 Å². The minimum Gasteiger partial charge on any atom is -0.319 e. The summed E-state index contributed by atoms with van der Waals surface area (Å²) < 4.78 is 0. The fraction of sp³-hybridized carbons (Fsp3) is 0.300.